The summed E-state index contributed by atoms with van der Waals surface area (Å²) in [5, 5.41) is 9.09. The Hall–Kier alpha value is -1.82. The molecule has 1 N–H and O–H groups in total. The molecule has 2 rings (SSSR count). The van der Waals surface area contributed by atoms with Gasteiger partial charge in [0, 0.05) is 5.92 Å². The third-order valence-electron chi connectivity index (χ3n) is 3.68. The molecular formula is C15H18O5S. The lowest BCUT2D eigenvalue weighted by Crippen LogP contribution is -2.22. The zero-order valence-corrected chi connectivity index (χ0v) is 12.8. The molecule has 0 atom stereocenters. The Labute approximate surface area is 124 Å². The van der Waals surface area contributed by atoms with E-state index >= 15 is 0 Å². The predicted molar refractivity (Wildman–Crippen MR) is 77.1 cm³/mol. The minimum Gasteiger partial charge on any atom is -0.478 e. The van der Waals surface area contributed by atoms with Gasteiger partial charge in [-0.05, 0) is 38.8 Å². The second-order valence-electron chi connectivity index (χ2n) is 5.27. The molecule has 0 aliphatic heterocycles. The standard InChI is InChI=1S/C15H18O5S/c1-10-6-8-13(9-7-10)21(18,19)20-14(11(2)15(16)17)12-4-3-5-12/h6-9,12H,3-5H2,1-2H3,(H,16,17). The lowest BCUT2D eigenvalue weighted by Gasteiger charge is -2.28. The van der Waals surface area contributed by atoms with Crippen LogP contribution in [0.15, 0.2) is 40.5 Å². The number of hydrogen-bond acceptors (Lipinski definition) is 4. The fraction of sp³-hybridized carbons (Fsp3) is 0.400. The van der Waals surface area contributed by atoms with E-state index in [0.717, 1.165) is 24.8 Å². The van der Waals surface area contributed by atoms with E-state index in [0.29, 0.717) is 0 Å². The summed E-state index contributed by atoms with van der Waals surface area (Å²) in [5.41, 5.74) is 0.890. The molecule has 1 saturated carbocycles. The highest BCUT2D eigenvalue weighted by Gasteiger charge is 2.31. The highest BCUT2D eigenvalue weighted by atomic mass is 32.2. The minimum atomic E-state index is -4.00. The van der Waals surface area contributed by atoms with E-state index in [1.54, 1.807) is 12.1 Å². The molecule has 1 aromatic carbocycles. The summed E-state index contributed by atoms with van der Waals surface area (Å²) in [4.78, 5) is 11.2. The molecule has 0 amide bonds. The zero-order chi connectivity index (χ0) is 15.6. The molecule has 0 bridgehead atoms. The van der Waals surface area contributed by atoms with E-state index in [9.17, 15) is 13.2 Å². The zero-order valence-electron chi connectivity index (χ0n) is 12.0. The number of aliphatic carboxylic acids is 1. The molecule has 114 valence electrons. The van der Waals surface area contributed by atoms with Gasteiger partial charge >= 0.3 is 16.1 Å². The molecule has 1 fully saturated rings. The SMILES string of the molecule is CC(C(=O)O)=C(OS(=O)(=O)c1ccc(C)cc1)C1CCC1. The predicted octanol–water partition coefficient (Wildman–Crippen LogP) is 2.86. The first kappa shape index (κ1) is 15.6. The van der Waals surface area contributed by atoms with Gasteiger partial charge in [-0.2, -0.15) is 8.42 Å². The van der Waals surface area contributed by atoms with Gasteiger partial charge in [-0.15, -0.1) is 0 Å². The number of aryl methyl sites for hydroxylation is 1. The third kappa shape index (κ3) is 3.44. The topological polar surface area (TPSA) is 80.7 Å². The third-order valence-corrected chi connectivity index (χ3v) is 4.92. The average Bonchev–Trinajstić information content (AvgIpc) is 2.35. The monoisotopic (exact) mass is 310 g/mol. The smallest absolute Gasteiger partial charge is 0.338 e. The molecule has 0 radical (unpaired) electrons. The van der Waals surface area contributed by atoms with Gasteiger partial charge in [0.25, 0.3) is 0 Å². The lowest BCUT2D eigenvalue weighted by atomic mass is 9.82. The number of hydrogen-bond donors (Lipinski definition) is 1. The summed E-state index contributed by atoms with van der Waals surface area (Å²) < 4.78 is 29.7. The van der Waals surface area contributed by atoms with E-state index in [1.807, 2.05) is 6.92 Å². The molecule has 0 aromatic heterocycles. The lowest BCUT2D eigenvalue weighted by molar-refractivity contribution is -0.132. The van der Waals surface area contributed by atoms with E-state index in [2.05, 4.69) is 0 Å². The molecular weight excluding hydrogens is 292 g/mol. The number of carbonyl (C=O) groups is 1. The van der Waals surface area contributed by atoms with E-state index < -0.39 is 16.1 Å². The summed E-state index contributed by atoms with van der Waals surface area (Å²) in [7, 11) is -4.00. The maximum atomic E-state index is 12.3. The van der Waals surface area contributed by atoms with Gasteiger partial charge in [0.2, 0.25) is 0 Å². The van der Waals surface area contributed by atoms with Crippen molar-refractivity contribution in [3.63, 3.8) is 0 Å². The second-order valence-corrected chi connectivity index (χ2v) is 6.82. The van der Waals surface area contributed by atoms with Crippen molar-refractivity contribution >= 4 is 16.1 Å². The molecule has 1 aromatic rings. The van der Waals surface area contributed by atoms with Crippen LogP contribution in [0.4, 0.5) is 0 Å². The van der Waals surface area contributed by atoms with Crippen molar-refractivity contribution in [2.75, 3.05) is 0 Å². The van der Waals surface area contributed by atoms with Crippen LogP contribution in [-0.4, -0.2) is 19.5 Å². The van der Waals surface area contributed by atoms with Gasteiger partial charge in [-0.1, -0.05) is 24.1 Å². The second kappa shape index (κ2) is 5.89. The van der Waals surface area contributed by atoms with Crippen LogP contribution in [0.25, 0.3) is 0 Å². The van der Waals surface area contributed by atoms with Crippen molar-refractivity contribution in [3.05, 3.63) is 41.2 Å². The van der Waals surface area contributed by atoms with Crippen LogP contribution >= 0.6 is 0 Å². The van der Waals surface area contributed by atoms with Crippen molar-refractivity contribution < 1.29 is 22.5 Å². The fourth-order valence-electron chi connectivity index (χ4n) is 2.08. The number of allylic oxidation sites excluding steroid dienone is 1. The van der Waals surface area contributed by atoms with Crippen molar-refractivity contribution in [1.82, 2.24) is 0 Å². The van der Waals surface area contributed by atoms with Crippen molar-refractivity contribution in [2.45, 2.75) is 38.0 Å². The first-order valence-electron chi connectivity index (χ1n) is 6.76. The Kier molecular flexibility index (Phi) is 4.37. The highest BCUT2D eigenvalue weighted by molar-refractivity contribution is 7.86. The molecule has 5 nitrogen and oxygen atoms in total. The van der Waals surface area contributed by atoms with Crippen LogP contribution in [0.3, 0.4) is 0 Å². The summed E-state index contributed by atoms with van der Waals surface area (Å²) in [5.74, 6) is -1.22. The highest BCUT2D eigenvalue weighted by Crippen LogP contribution is 2.37. The molecule has 0 spiro atoms. The van der Waals surface area contributed by atoms with Crippen molar-refractivity contribution in [1.29, 1.82) is 0 Å². The van der Waals surface area contributed by atoms with Crippen LogP contribution in [0.2, 0.25) is 0 Å². The Bertz CT molecular complexity index is 667. The molecule has 6 heteroatoms. The molecule has 0 unspecified atom stereocenters. The van der Waals surface area contributed by atoms with Crippen LogP contribution in [0.5, 0.6) is 0 Å². The van der Waals surface area contributed by atoms with Gasteiger partial charge in [0.1, 0.15) is 10.7 Å². The quantitative estimate of drug-likeness (QED) is 0.514. The Morgan fingerprint density at radius 1 is 1.24 bits per heavy atom. The molecule has 0 heterocycles. The number of rotatable bonds is 5. The molecule has 1 aliphatic rings. The molecule has 1 aliphatic carbocycles. The molecule has 0 saturated heterocycles. The maximum absolute atomic E-state index is 12.3. The van der Waals surface area contributed by atoms with Crippen LogP contribution in [0, 0.1) is 12.8 Å². The number of carboxylic acid groups (broad SMARTS) is 1. The van der Waals surface area contributed by atoms with E-state index in [1.165, 1.54) is 19.1 Å². The first-order chi connectivity index (χ1) is 9.81. The minimum absolute atomic E-state index is 0.0307. The maximum Gasteiger partial charge on any atom is 0.338 e. The summed E-state index contributed by atoms with van der Waals surface area (Å²) in [6.45, 7) is 3.23. The Morgan fingerprint density at radius 2 is 1.81 bits per heavy atom. The number of carboxylic acids is 1. The summed E-state index contributed by atoms with van der Waals surface area (Å²) >= 11 is 0. The van der Waals surface area contributed by atoms with Gasteiger partial charge in [-0.3, -0.25) is 0 Å². The van der Waals surface area contributed by atoms with Crippen LogP contribution in [0.1, 0.15) is 31.7 Å². The van der Waals surface area contributed by atoms with Gasteiger partial charge in [0.05, 0.1) is 5.57 Å². The van der Waals surface area contributed by atoms with Gasteiger partial charge in [-0.25, -0.2) is 4.79 Å². The number of benzene rings is 1. The molecule has 21 heavy (non-hydrogen) atoms. The van der Waals surface area contributed by atoms with E-state index in [4.69, 9.17) is 9.29 Å². The van der Waals surface area contributed by atoms with Crippen molar-refractivity contribution in [2.24, 2.45) is 5.92 Å². The van der Waals surface area contributed by atoms with Gasteiger partial charge < -0.3 is 9.29 Å². The van der Waals surface area contributed by atoms with E-state index in [-0.39, 0.29) is 22.1 Å². The Balaban J connectivity index is 2.33. The normalized spacial score (nSPS) is 16.9. The van der Waals surface area contributed by atoms with Crippen LogP contribution < -0.4 is 0 Å². The van der Waals surface area contributed by atoms with Crippen molar-refractivity contribution in [3.8, 4) is 0 Å². The first-order valence-corrected chi connectivity index (χ1v) is 8.17. The van der Waals surface area contributed by atoms with Gasteiger partial charge in [0.15, 0.2) is 0 Å². The summed E-state index contributed by atoms with van der Waals surface area (Å²) in [6, 6.07) is 6.26. The Morgan fingerprint density at radius 3 is 2.24 bits per heavy atom. The largest absolute Gasteiger partial charge is 0.478 e. The van der Waals surface area contributed by atoms with Crippen LogP contribution in [-0.2, 0) is 19.1 Å². The summed E-state index contributed by atoms with van der Waals surface area (Å²) in [6.07, 6.45) is 2.46. The fourth-order valence-corrected chi connectivity index (χ4v) is 3.15. The average molecular weight is 310 g/mol.